The molecule has 0 saturated heterocycles. The van der Waals surface area contributed by atoms with Crippen molar-refractivity contribution in [2.75, 3.05) is 0 Å². The second kappa shape index (κ2) is 9.72. The van der Waals surface area contributed by atoms with Crippen molar-refractivity contribution < 1.29 is 19.1 Å². The van der Waals surface area contributed by atoms with Crippen molar-refractivity contribution in [1.29, 1.82) is 0 Å². The Balaban J connectivity index is 1.92. The predicted molar refractivity (Wildman–Crippen MR) is 120 cm³/mol. The van der Waals surface area contributed by atoms with Gasteiger partial charge in [-0.3, -0.25) is 14.2 Å². The lowest BCUT2D eigenvalue weighted by Gasteiger charge is -2.19. The van der Waals surface area contributed by atoms with Crippen LogP contribution >= 0.6 is 0 Å². The molecule has 0 aliphatic rings. The molecule has 0 saturated carbocycles. The maximum atomic E-state index is 13.4. The quantitative estimate of drug-likeness (QED) is 0.194. The Morgan fingerprint density at radius 1 is 1.19 bits per heavy atom. The normalized spacial score (nSPS) is 11.9. The van der Waals surface area contributed by atoms with Crippen LogP contribution in [0.25, 0.3) is 16.6 Å². The van der Waals surface area contributed by atoms with Gasteiger partial charge in [0.25, 0.3) is 5.56 Å². The summed E-state index contributed by atoms with van der Waals surface area (Å²) in [5.74, 6) is -0.174. The molecule has 0 unspecified atom stereocenters. The third-order valence-electron chi connectivity index (χ3n) is 4.71. The number of hydrogen-bond donors (Lipinski definition) is 1. The highest BCUT2D eigenvalue weighted by Gasteiger charge is 2.17. The standard InChI is InChI=1S/C24H26FN3O4/c1-24(2,3)32-22(29)7-5-4-6-21-27-20-14-16(15-26-31)8-13-19(20)23(30)28(21)18-11-9-17(25)10-12-18/h8-15,31H,4-7H2,1-3H3/b26-15+. The van der Waals surface area contributed by atoms with Crippen LogP contribution in [0.1, 0.15) is 51.4 Å². The minimum Gasteiger partial charge on any atom is -0.460 e. The molecule has 1 heterocycles. The Morgan fingerprint density at radius 2 is 1.91 bits per heavy atom. The van der Waals surface area contributed by atoms with E-state index in [1.165, 1.54) is 35.0 Å². The zero-order valence-corrected chi connectivity index (χ0v) is 18.3. The number of benzene rings is 2. The number of hydrogen-bond acceptors (Lipinski definition) is 6. The molecule has 8 heteroatoms. The van der Waals surface area contributed by atoms with Gasteiger partial charge in [0.2, 0.25) is 0 Å². The average Bonchev–Trinajstić information content (AvgIpc) is 2.71. The van der Waals surface area contributed by atoms with Crippen molar-refractivity contribution in [3.05, 3.63) is 70.0 Å². The summed E-state index contributed by atoms with van der Waals surface area (Å²) in [4.78, 5) is 29.9. The first-order valence-electron chi connectivity index (χ1n) is 10.4. The van der Waals surface area contributed by atoms with Crippen LogP contribution < -0.4 is 5.56 Å². The highest BCUT2D eigenvalue weighted by molar-refractivity contribution is 5.88. The van der Waals surface area contributed by atoms with Crippen molar-refractivity contribution in [1.82, 2.24) is 9.55 Å². The summed E-state index contributed by atoms with van der Waals surface area (Å²) in [6.07, 6.45) is 3.14. The van der Waals surface area contributed by atoms with E-state index in [-0.39, 0.29) is 17.9 Å². The molecule has 0 fully saturated rings. The van der Waals surface area contributed by atoms with E-state index in [1.807, 2.05) is 20.8 Å². The molecule has 3 rings (SSSR count). The second-order valence-electron chi connectivity index (χ2n) is 8.46. The van der Waals surface area contributed by atoms with Gasteiger partial charge in [0.15, 0.2) is 0 Å². The van der Waals surface area contributed by atoms with E-state index in [0.717, 1.165) is 0 Å². The number of esters is 1. The van der Waals surface area contributed by atoms with E-state index in [1.54, 1.807) is 18.2 Å². The minimum atomic E-state index is -0.532. The van der Waals surface area contributed by atoms with Gasteiger partial charge in [0.1, 0.15) is 17.2 Å². The van der Waals surface area contributed by atoms with Crippen LogP contribution in [0.15, 0.2) is 52.4 Å². The van der Waals surface area contributed by atoms with Crippen LogP contribution in [0.4, 0.5) is 4.39 Å². The number of fused-ring (bicyclic) bond motifs is 1. The number of aromatic nitrogens is 2. The fraction of sp³-hybridized carbons (Fsp3) is 0.333. The summed E-state index contributed by atoms with van der Waals surface area (Å²) in [5.41, 5.74) is 0.760. The molecule has 0 bridgehead atoms. The first kappa shape index (κ1) is 23.1. The second-order valence-corrected chi connectivity index (χ2v) is 8.46. The zero-order valence-electron chi connectivity index (χ0n) is 18.3. The molecule has 1 aromatic heterocycles. The van der Waals surface area contributed by atoms with Crippen LogP contribution in [0, 0.1) is 5.82 Å². The zero-order chi connectivity index (χ0) is 23.3. The van der Waals surface area contributed by atoms with Crippen molar-refractivity contribution in [3.8, 4) is 5.69 Å². The van der Waals surface area contributed by atoms with Gasteiger partial charge < -0.3 is 9.94 Å². The van der Waals surface area contributed by atoms with Crippen LogP contribution in [0.2, 0.25) is 0 Å². The van der Waals surface area contributed by atoms with Crippen molar-refractivity contribution in [3.63, 3.8) is 0 Å². The lowest BCUT2D eigenvalue weighted by molar-refractivity contribution is -0.154. The molecule has 0 amide bonds. The molecule has 0 atom stereocenters. The van der Waals surface area contributed by atoms with Crippen LogP contribution in [0.5, 0.6) is 0 Å². The molecular weight excluding hydrogens is 413 g/mol. The summed E-state index contributed by atoms with van der Waals surface area (Å²) < 4.78 is 20.2. The highest BCUT2D eigenvalue weighted by atomic mass is 19.1. The number of rotatable bonds is 7. The van der Waals surface area contributed by atoms with Gasteiger partial charge in [0.05, 0.1) is 22.8 Å². The van der Waals surface area contributed by atoms with Gasteiger partial charge in [0, 0.05) is 12.8 Å². The SMILES string of the molecule is CC(C)(C)OC(=O)CCCCc1nc2cc(/C=N/O)ccc2c(=O)n1-c1ccc(F)cc1. The summed E-state index contributed by atoms with van der Waals surface area (Å²) in [5, 5.41) is 12.2. The van der Waals surface area contributed by atoms with E-state index < -0.39 is 11.4 Å². The number of carbonyl (C=O) groups excluding carboxylic acids is 1. The Morgan fingerprint density at radius 3 is 2.56 bits per heavy atom. The summed E-state index contributed by atoms with van der Waals surface area (Å²) in [7, 11) is 0. The lowest BCUT2D eigenvalue weighted by Crippen LogP contribution is -2.24. The van der Waals surface area contributed by atoms with E-state index in [9.17, 15) is 14.0 Å². The van der Waals surface area contributed by atoms with Crippen LogP contribution in [-0.4, -0.2) is 32.5 Å². The predicted octanol–water partition coefficient (Wildman–Crippen LogP) is 4.39. The number of oxime groups is 1. The average molecular weight is 439 g/mol. The van der Waals surface area contributed by atoms with Gasteiger partial charge in [-0.15, -0.1) is 0 Å². The third-order valence-corrected chi connectivity index (χ3v) is 4.71. The van der Waals surface area contributed by atoms with Crippen LogP contribution in [0.3, 0.4) is 0 Å². The molecule has 1 N–H and O–H groups in total. The Labute approximate surface area is 185 Å². The third kappa shape index (κ3) is 5.78. The molecule has 32 heavy (non-hydrogen) atoms. The number of aryl methyl sites for hydroxylation is 1. The first-order chi connectivity index (χ1) is 15.2. The Kier molecular flexibility index (Phi) is 7.02. The van der Waals surface area contributed by atoms with E-state index >= 15 is 0 Å². The largest absolute Gasteiger partial charge is 0.460 e. The highest BCUT2D eigenvalue weighted by Crippen LogP contribution is 2.17. The van der Waals surface area contributed by atoms with Gasteiger partial charge in [-0.2, -0.15) is 0 Å². The molecule has 0 aliphatic heterocycles. The van der Waals surface area contributed by atoms with Crippen molar-refractivity contribution >= 4 is 23.1 Å². The number of carbonyl (C=O) groups is 1. The van der Waals surface area contributed by atoms with Crippen molar-refractivity contribution in [2.24, 2.45) is 5.16 Å². The Hall–Kier alpha value is -3.55. The smallest absolute Gasteiger partial charge is 0.306 e. The summed E-state index contributed by atoms with van der Waals surface area (Å²) >= 11 is 0. The number of halogens is 1. The molecule has 0 radical (unpaired) electrons. The maximum absolute atomic E-state index is 13.4. The van der Waals surface area contributed by atoms with Crippen LogP contribution in [-0.2, 0) is 16.0 Å². The van der Waals surface area contributed by atoms with E-state index in [4.69, 9.17) is 9.94 Å². The van der Waals surface area contributed by atoms with Gasteiger partial charge in [-0.1, -0.05) is 11.2 Å². The molecule has 0 spiro atoms. The Bertz CT molecular complexity index is 1190. The molecular formula is C24H26FN3O4. The fourth-order valence-electron chi connectivity index (χ4n) is 3.36. The molecule has 0 aliphatic carbocycles. The van der Waals surface area contributed by atoms with Gasteiger partial charge in [-0.25, -0.2) is 9.37 Å². The maximum Gasteiger partial charge on any atom is 0.306 e. The fourth-order valence-corrected chi connectivity index (χ4v) is 3.36. The molecule has 2 aromatic carbocycles. The summed E-state index contributed by atoms with van der Waals surface area (Å²) in [6, 6.07) is 10.6. The molecule has 7 nitrogen and oxygen atoms in total. The molecule has 168 valence electrons. The number of ether oxygens (including phenoxy) is 1. The first-order valence-corrected chi connectivity index (χ1v) is 10.4. The minimum absolute atomic E-state index is 0.267. The van der Waals surface area contributed by atoms with E-state index in [2.05, 4.69) is 10.1 Å². The van der Waals surface area contributed by atoms with E-state index in [0.29, 0.717) is 47.2 Å². The topological polar surface area (TPSA) is 93.8 Å². The molecule has 3 aromatic rings. The number of unbranched alkanes of at least 4 members (excludes halogenated alkanes) is 1. The van der Waals surface area contributed by atoms with Crippen molar-refractivity contribution in [2.45, 2.75) is 52.1 Å². The van der Waals surface area contributed by atoms with Gasteiger partial charge >= 0.3 is 5.97 Å². The number of nitrogens with zero attached hydrogens (tertiary/aromatic N) is 3. The lowest BCUT2D eigenvalue weighted by atomic mass is 10.1. The summed E-state index contributed by atoms with van der Waals surface area (Å²) in [6.45, 7) is 5.46. The van der Waals surface area contributed by atoms with Gasteiger partial charge in [-0.05, 0) is 75.6 Å². The monoisotopic (exact) mass is 439 g/mol.